The number of halogens is 1. The first-order valence-electron chi connectivity index (χ1n) is 34.9. The predicted octanol–water partition coefficient (Wildman–Crippen LogP) is 18.9. The SMILES string of the molecule is CCCCCCCC/C=C\CCCCCCCC(=O)OCC(COC(=O)CCCCCCC/C=C\CCCCCCCC)OC(=O)CC(C)CCCCCCCCC(=O)OCn1c(Br)c2c3c(cccc31)C1=CC(C(=O)N(CC)CC)CN(C)C1C2. The Labute approximate surface area is 530 Å². The Morgan fingerprint density at radius 2 is 1.05 bits per heavy atom. The largest absolute Gasteiger partial charge is 0.462 e. The molecule has 1 aromatic carbocycles. The maximum Gasteiger partial charge on any atom is 0.307 e. The van der Waals surface area contributed by atoms with E-state index in [1.807, 2.05) is 18.7 Å². The van der Waals surface area contributed by atoms with Crippen molar-refractivity contribution in [2.45, 2.75) is 297 Å². The molecule has 2 aliphatic rings. The van der Waals surface area contributed by atoms with Crippen molar-refractivity contribution in [3.8, 4) is 0 Å². The second-order valence-electron chi connectivity index (χ2n) is 25.1. The zero-order valence-corrected chi connectivity index (χ0v) is 56.5. The lowest BCUT2D eigenvalue weighted by Gasteiger charge is -2.40. The number of benzene rings is 1. The van der Waals surface area contributed by atoms with Crippen LogP contribution in [0.1, 0.15) is 283 Å². The first-order chi connectivity index (χ1) is 41.9. The number of nitrogens with zero attached hydrogens (tertiary/aromatic N) is 3. The summed E-state index contributed by atoms with van der Waals surface area (Å²) in [7, 11) is 2.12. The van der Waals surface area contributed by atoms with Crippen molar-refractivity contribution in [3.63, 3.8) is 0 Å². The van der Waals surface area contributed by atoms with Crippen LogP contribution in [-0.2, 0) is 56.1 Å². The minimum atomic E-state index is -0.851. The highest BCUT2D eigenvalue weighted by Crippen LogP contribution is 2.45. The van der Waals surface area contributed by atoms with E-state index in [1.165, 1.54) is 114 Å². The summed E-state index contributed by atoms with van der Waals surface area (Å²) in [5, 5.41) is 1.16. The molecule has 86 heavy (non-hydrogen) atoms. The third-order valence-electron chi connectivity index (χ3n) is 17.6. The zero-order valence-electron chi connectivity index (χ0n) is 54.9. The molecule has 0 fully saturated rings. The number of fused-ring (bicyclic) bond motifs is 2. The molecule has 13 heteroatoms. The van der Waals surface area contributed by atoms with Crippen LogP contribution in [-0.4, -0.2) is 96.2 Å². The highest BCUT2D eigenvalue weighted by molar-refractivity contribution is 9.10. The van der Waals surface area contributed by atoms with Gasteiger partial charge in [-0.3, -0.25) is 28.9 Å². The predicted molar refractivity (Wildman–Crippen MR) is 357 cm³/mol. The minimum absolute atomic E-state index is 0.104. The Balaban J connectivity index is 1.11. The Hall–Kier alpha value is -4.23. The Morgan fingerprint density at radius 1 is 0.593 bits per heavy atom. The first kappa shape index (κ1) is 74.2. The number of ether oxygens (including phenoxy) is 4. The zero-order chi connectivity index (χ0) is 62.0. The average molecular weight is 1260 g/mol. The normalized spacial score (nSPS) is 15.4. The third-order valence-corrected chi connectivity index (χ3v) is 18.5. The van der Waals surface area contributed by atoms with E-state index < -0.39 is 6.10 Å². The second-order valence-corrected chi connectivity index (χ2v) is 25.8. The fraction of sp³-hybridized carbons (Fsp3) is 0.740. The van der Waals surface area contributed by atoms with Crippen LogP contribution in [0.15, 0.2) is 53.2 Å². The Kier molecular flexibility index (Phi) is 39.7. The van der Waals surface area contributed by atoms with Crippen LogP contribution in [0.3, 0.4) is 0 Å². The maximum absolute atomic E-state index is 13.5. The lowest BCUT2D eigenvalue weighted by atomic mass is 9.79. The summed E-state index contributed by atoms with van der Waals surface area (Å²) in [6.45, 7) is 12.6. The molecule has 1 aliphatic heterocycles. The monoisotopic (exact) mass is 1260 g/mol. The number of rotatable bonds is 51. The summed E-state index contributed by atoms with van der Waals surface area (Å²) < 4.78 is 25.9. The van der Waals surface area contributed by atoms with E-state index >= 15 is 0 Å². The van der Waals surface area contributed by atoms with Crippen molar-refractivity contribution < 1.29 is 42.9 Å². The maximum atomic E-state index is 13.5. The third kappa shape index (κ3) is 29.4. The summed E-state index contributed by atoms with van der Waals surface area (Å²) in [6.07, 6.45) is 50.2. The summed E-state index contributed by atoms with van der Waals surface area (Å²) in [6, 6.07) is 6.46. The average Bonchev–Trinajstić information content (AvgIpc) is 1.55. The summed E-state index contributed by atoms with van der Waals surface area (Å²) >= 11 is 3.89. The van der Waals surface area contributed by atoms with Crippen LogP contribution in [0.4, 0.5) is 0 Å². The van der Waals surface area contributed by atoms with Crippen molar-refractivity contribution in [2.24, 2.45) is 11.8 Å². The van der Waals surface area contributed by atoms with Crippen molar-refractivity contribution in [3.05, 3.63) is 64.3 Å². The van der Waals surface area contributed by atoms with Gasteiger partial charge in [-0.05, 0) is 143 Å². The lowest BCUT2D eigenvalue weighted by Crippen LogP contribution is -2.47. The van der Waals surface area contributed by atoms with Crippen molar-refractivity contribution in [1.82, 2.24) is 14.4 Å². The van der Waals surface area contributed by atoms with E-state index in [9.17, 15) is 24.0 Å². The van der Waals surface area contributed by atoms with Gasteiger partial charge in [0.05, 0.1) is 16.0 Å². The highest BCUT2D eigenvalue weighted by atomic mass is 79.9. The van der Waals surface area contributed by atoms with Gasteiger partial charge in [-0.2, -0.15) is 0 Å². The van der Waals surface area contributed by atoms with E-state index in [-0.39, 0.29) is 74.0 Å². The molecule has 1 aromatic heterocycles. The van der Waals surface area contributed by atoms with E-state index in [0.717, 1.165) is 137 Å². The number of carbonyl (C=O) groups excluding carboxylic acids is 5. The number of unbranched alkanes of at least 4 members (excludes halogenated alkanes) is 27. The van der Waals surface area contributed by atoms with E-state index in [2.05, 4.69) is 102 Å². The number of hydrogen-bond donors (Lipinski definition) is 0. The van der Waals surface area contributed by atoms with Gasteiger partial charge in [0.25, 0.3) is 0 Å². The molecule has 12 nitrogen and oxygen atoms in total. The van der Waals surface area contributed by atoms with Crippen molar-refractivity contribution in [2.75, 3.05) is 39.9 Å². The van der Waals surface area contributed by atoms with Gasteiger partial charge in [0, 0.05) is 56.7 Å². The summed E-state index contributed by atoms with van der Waals surface area (Å²) in [5.41, 5.74) is 4.57. The lowest BCUT2D eigenvalue weighted by molar-refractivity contribution is -0.167. The summed E-state index contributed by atoms with van der Waals surface area (Å²) in [5.74, 6) is -1.13. The van der Waals surface area contributed by atoms with Crippen LogP contribution in [0.2, 0.25) is 0 Å². The van der Waals surface area contributed by atoms with Crippen LogP contribution >= 0.6 is 15.9 Å². The van der Waals surface area contributed by atoms with Gasteiger partial charge in [0.1, 0.15) is 13.2 Å². The molecule has 3 atom stereocenters. The van der Waals surface area contributed by atoms with E-state index in [4.69, 9.17) is 18.9 Å². The van der Waals surface area contributed by atoms with Crippen LogP contribution in [0, 0.1) is 11.8 Å². The smallest absolute Gasteiger partial charge is 0.307 e. The number of aromatic nitrogens is 1. The topological polar surface area (TPSA) is 134 Å². The number of amides is 1. The molecule has 0 saturated carbocycles. The molecule has 486 valence electrons. The summed E-state index contributed by atoms with van der Waals surface area (Å²) in [4.78, 5) is 69.6. The molecular formula is C73H118BrN3O9. The molecule has 1 amide bonds. The van der Waals surface area contributed by atoms with Gasteiger partial charge < -0.3 is 28.4 Å². The molecule has 3 unspecified atom stereocenters. The number of hydrogen-bond acceptors (Lipinski definition) is 10. The fourth-order valence-corrected chi connectivity index (χ4v) is 13.0. The van der Waals surface area contributed by atoms with E-state index in [0.29, 0.717) is 38.9 Å². The quantitative estimate of drug-likeness (QED) is 0.0273. The minimum Gasteiger partial charge on any atom is -0.462 e. The van der Waals surface area contributed by atoms with Crippen molar-refractivity contribution >= 4 is 62.2 Å². The van der Waals surface area contributed by atoms with E-state index in [1.54, 1.807) is 0 Å². The molecule has 0 bridgehead atoms. The van der Waals surface area contributed by atoms with Gasteiger partial charge in [-0.25, -0.2) is 0 Å². The van der Waals surface area contributed by atoms with Crippen LogP contribution < -0.4 is 0 Å². The van der Waals surface area contributed by atoms with Gasteiger partial charge in [-0.1, -0.05) is 205 Å². The number of likely N-dealkylation sites (N-methyl/N-ethyl adjacent to an activating group) is 1. The Morgan fingerprint density at radius 3 is 1.53 bits per heavy atom. The van der Waals surface area contributed by atoms with Gasteiger partial charge in [0.15, 0.2) is 12.8 Å². The Bertz CT molecular complexity index is 2260. The number of carbonyl (C=O) groups is 5. The van der Waals surface area contributed by atoms with Gasteiger partial charge in [-0.15, -0.1) is 0 Å². The molecule has 4 rings (SSSR count). The molecule has 0 radical (unpaired) electrons. The number of esters is 4. The number of allylic oxidation sites excluding steroid dienone is 4. The van der Waals surface area contributed by atoms with Crippen molar-refractivity contribution in [1.29, 1.82) is 0 Å². The molecule has 0 N–H and O–H groups in total. The molecule has 1 aliphatic carbocycles. The fourth-order valence-electron chi connectivity index (χ4n) is 12.3. The van der Waals surface area contributed by atoms with Gasteiger partial charge >= 0.3 is 23.9 Å². The molecule has 2 aromatic rings. The molecule has 2 heterocycles. The highest BCUT2D eigenvalue weighted by Gasteiger charge is 2.38. The van der Waals surface area contributed by atoms with Crippen LogP contribution in [0.5, 0.6) is 0 Å². The standard InChI is InChI=1S/C73H118BrN3O9/c1-7-11-13-15-17-19-21-23-25-27-29-31-33-38-42-49-67(78)83-56-61(57-84-68(79)50-43-39-34-32-30-28-26-24-22-20-18-16-14-12-8-2)86-70(81)52-59(5)46-41-37-35-36-40-44-51-69(80)85-58-77-65-48-45-47-62-63-53-60(73(82)76(9-3)10-4)55-75(6)66(63)54-64(71(62)65)72(77)74/h23-26,45,47-48,53,59-61,66H,7-22,27-44,46,49-52,54-58H2,1-6H3/b25-23-,26-24-. The van der Waals surface area contributed by atoms with Gasteiger partial charge in [0.2, 0.25) is 5.91 Å². The first-order valence-corrected chi connectivity index (χ1v) is 35.7. The molecular weight excluding hydrogens is 1140 g/mol. The molecule has 0 saturated heterocycles. The second kappa shape index (κ2) is 45.9. The van der Waals surface area contributed by atoms with Crippen LogP contribution in [0.25, 0.3) is 16.5 Å². The molecule has 0 spiro atoms.